The highest BCUT2D eigenvalue weighted by atomic mass is 16.5. The third kappa shape index (κ3) is 3.37. The van der Waals surface area contributed by atoms with Crippen molar-refractivity contribution in [2.24, 2.45) is 0 Å². The number of ether oxygens (including phenoxy) is 1. The average molecular weight is 285 g/mol. The predicted molar refractivity (Wildman–Crippen MR) is 81.4 cm³/mol. The first-order valence-electron chi connectivity index (χ1n) is 7.17. The molecule has 1 aliphatic rings. The molecule has 1 heterocycles. The number of nitrogens with zero attached hydrogens (tertiary/aromatic N) is 1. The number of hydrogen-bond acceptors (Lipinski definition) is 3. The van der Waals surface area contributed by atoms with E-state index in [-0.39, 0.29) is 5.91 Å². The van der Waals surface area contributed by atoms with Gasteiger partial charge in [-0.25, -0.2) is 0 Å². The van der Waals surface area contributed by atoms with Crippen molar-refractivity contribution in [2.45, 2.75) is 18.9 Å². The summed E-state index contributed by atoms with van der Waals surface area (Å²) in [5.74, 6) is 0.701. The molecule has 1 aliphatic carbocycles. The normalized spacial score (nSPS) is 13.9. The van der Waals surface area contributed by atoms with Gasteiger partial charge in [-0.15, -0.1) is 0 Å². The quantitative estimate of drug-likeness (QED) is 0.631. The molecular formula is C16H19N3O2. The molecule has 0 atom stereocenters. The molecule has 0 bridgehead atoms. The Bertz CT molecular complexity index is 615. The number of benzene rings is 1. The Labute approximate surface area is 123 Å². The zero-order valence-electron chi connectivity index (χ0n) is 11.8. The van der Waals surface area contributed by atoms with Gasteiger partial charge in [0.2, 0.25) is 0 Å². The highest BCUT2D eigenvalue weighted by Gasteiger charge is 2.26. The van der Waals surface area contributed by atoms with Crippen LogP contribution >= 0.6 is 0 Å². The van der Waals surface area contributed by atoms with E-state index in [4.69, 9.17) is 10.5 Å². The van der Waals surface area contributed by atoms with E-state index >= 15 is 0 Å². The van der Waals surface area contributed by atoms with Gasteiger partial charge in [-0.05, 0) is 49.2 Å². The first-order valence-corrected chi connectivity index (χ1v) is 7.17. The Morgan fingerprint density at radius 1 is 1.29 bits per heavy atom. The van der Waals surface area contributed by atoms with Crippen molar-refractivity contribution in [3.63, 3.8) is 0 Å². The second kappa shape index (κ2) is 5.91. The molecule has 1 aromatic carbocycles. The van der Waals surface area contributed by atoms with Gasteiger partial charge in [0.05, 0.1) is 6.54 Å². The summed E-state index contributed by atoms with van der Waals surface area (Å²) >= 11 is 0. The predicted octanol–water partition coefficient (Wildman–Crippen LogP) is 2.21. The number of anilines is 1. The molecule has 0 unspecified atom stereocenters. The van der Waals surface area contributed by atoms with E-state index in [9.17, 15) is 4.79 Å². The highest BCUT2D eigenvalue weighted by Crippen LogP contribution is 2.35. The van der Waals surface area contributed by atoms with E-state index in [0.717, 1.165) is 24.3 Å². The fourth-order valence-electron chi connectivity index (χ4n) is 2.25. The van der Waals surface area contributed by atoms with Crippen molar-refractivity contribution in [1.29, 1.82) is 0 Å². The maximum absolute atomic E-state index is 12.1. The molecule has 21 heavy (non-hydrogen) atoms. The van der Waals surface area contributed by atoms with Gasteiger partial charge in [-0.2, -0.15) is 0 Å². The van der Waals surface area contributed by atoms with Crippen LogP contribution < -0.4 is 15.8 Å². The van der Waals surface area contributed by atoms with Gasteiger partial charge < -0.3 is 20.4 Å². The van der Waals surface area contributed by atoms with Crippen molar-refractivity contribution in [2.75, 3.05) is 18.9 Å². The fourth-order valence-corrected chi connectivity index (χ4v) is 2.25. The number of hydrogen-bond donors (Lipinski definition) is 2. The molecule has 1 fully saturated rings. The van der Waals surface area contributed by atoms with Crippen molar-refractivity contribution < 1.29 is 9.53 Å². The Kier molecular flexibility index (Phi) is 3.81. The van der Waals surface area contributed by atoms with Gasteiger partial charge in [0.1, 0.15) is 18.1 Å². The molecule has 3 rings (SSSR count). The highest BCUT2D eigenvalue weighted by molar-refractivity contribution is 5.92. The Morgan fingerprint density at radius 2 is 2.05 bits per heavy atom. The summed E-state index contributed by atoms with van der Waals surface area (Å²) < 4.78 is 7.59. The van der Waals surface area contributed by atoms with Gasteiger partial charge in [0.15, 0.2) is 0 Å². The molecule has 3 N–H and O–H groups in total. The minimum absolute atomic E-state index is 0.0483. The fraction of sp³-hybridized carbons (Fsp3) is 0.312. The lowest BCUT2D eigenvalue weighted by atomic mass is 10.3. The maximum atomic E-state index is 12.1. The van der Waals surface area contributed by atoms with Crippen molar-refractivity contribution in [3.8, 4) is 5.75 Å². The lowest BCUT2D eigenvalue weighted by Gasteiger charge is -2.10. The van der Waals surface area contributed by atoms with Gasteiger partial charge >= 0.3 is 0 Å². The summed E-state index contributed by atoms with van der Waals surface area (Å²) in [6.07, 6.45) is 4.29. The zero-order valence-corrected chi connectivity index (χ0v) is 11.8. The summed E-state index contributed by atoms with van der Waals surface area (Å²) in [6.45, 7) is 0.902. The molecule has 2 aromatic rings. The van der Waals surface area contributed by atoms with Crippen LogP contribution in [0.2, 0.25) is 0 Å². The number of aromatic nitrogens is 1. The number of carbonyl (C=O) groups excluding carboxylic acids is 1. The lowest BCUT2D eigenvalue weighted by molar-refractivity contribution is 0.0937. The molecule has 1 saturated carbocycles. The smallest absolute Gasteiger partial charge is 0.268 e. The summed E-state index contributed by atoms with van der Waals surface area (Å²) in [5, 5.41) is 2.88. The van der Waals surface area contributed by atoms with Crippen molar-refractivity contribution in [3.05, 3.63) is 48.3 Å². The molecule has 5 nitrogen and oxygen atoms in total. The number of nitrogen functional groups attached to an aromatic ring is 1. The van der Waals surface area contributed by atoms with Crippen LogP contribution in [0.5, 0.6) is 5.75 Å². The largest absolute Gasteiger partial charge is 0.492 e. The third-order valence-corrected chi connectivity index (χ3v) is 3.49. The van der Waals surface area contributed by atoms with Crippen molar-refractivity contribution in [1.82, 2.24) is 9.88 Å². The van der Waals surface area contributed by atoms with Crippen LogP contribution in [-0.2, 0) is 0 Å². The first-order chi connectivity index (χ1) is 10.2. The molecular weight excluding hydrogens is 266 g/mol. The van der Waals surface area contributed by atoms with E-state index in [1.54, 1.807) is 12.1 Å². The number of nitrogens with one attached hydrogen (secondary N) is 1. The zero-order chi connectivity index (χ0) is 14.7. The Balaban J connectivity index is 1.45. The molecule has 0 spiro atoms. The SMILES string of the molecule is Nc1ccc(OCCNC(=O)c2cccn2C2CC2)cc1. The first kappa shape index (κ1) is 13.5. The monoisotopic (exact) mass is 285 g/mol. The molecule has 5 heteroatoms. The minimum Gasteiger partial charge on any atom is -0.492 e. The topological polar surface area (TPSA) is 69.3 Å². The van der Waals surface area contributed by atoms with Crippen LogP contribution in [0.1, 0.15) is 29.4 Å². The van der Waals surface area contributed by atoms with E-state index in [1.807, 2.05) is 30.5 Å². The second-order valence-electron chi connectivity index (χ2n) is 5.21. The van der Waals surface area contributed by atoms with Gasteiger partial charge in [0, 0.05) is 17.9 Å². The number of amides is 1. The van der Waals surface area contributed by atoms with Crippen LogP contribution in [0.15, 0.2) is 42.6 Å². The standard InChI is InChI=1S/C16H19N3O2/c17-12-3-7-14(8-4-12)21-11-9-18-16(20)15-2-1-10-19(15)13-5-6-13/h1-4,7-8,10,13H,5-6,9,11,17H2,(H,18,20). The Morgan fingerprint density at radius 3 is 2.76 bits per heavy atom. The summed E-state index contributed by atoms with van der Waals surface area (Å²) in [6, 6.07) is 11.5. The van der Waals surface area contributed by atoms with E-state index in [2.05, 4.69) is 9.88 Å². The lowest BCUT2D eigenvalue weighted by Crippen LogP contribution is -2.29. The number of nitrogens with two attached hydrogens (primary N) is 1. The van der Waals surface area contributed by atoms with E-state index in [1.165, 1.54) is 0 Å². The molecule has 0 saturated heterocycles. The molecule has 1 aromatic heterocycles. The summed E-state index contributed by atoms with van der Waals surface area (Å²) in [5.41, 5.74) is 7.04. The summed E-state index contributed by atoms with van der Waals surface area (Å²) in [4.78, 5) is 12.1. The van der Waals surface area contributed by atoms with Gasteiger partial charge in [0.25, 0.3) is 5.91 Å². The average Bonchev–Trinajstić information content (AvgIpc) is 3.22. The van der Waals surface area contributed by atoms with Gasteiger partial charge in [-0.1, -0.05) is 0 Å². The molecule has 0 radical (unpaired) electrons. The van der Waals surface area contributed by atoms with E-state index in [0.29, 0.717) is 24.9 Å². The minimum atomic E-state index is -0.0483. The maximum Gasteiger partial charge on any atom is 0.268 e. The van der Waals surface area contributed by atoms with Crippen LogP contribution in [0, 0.1) is 0 Å². The number of carbonyl (C=O) groups is 1. The molecule has 1 amide bonds. The van der Waals surface area contributed by atoms with Crippen molar-refractivity contribution >= 4 is 11.6 Å². The van der Waals surface area contributed by atoms with Crippen LogP contribution in [0.4, 0.5) is 5.69 Å². The van der Waals surface area contributed by atoms with Crippen LogP contribution in [0.3, 0.4) is 0 Å². The second-order valence-corrected chi connectivity index (χ2v) is 5.21. The van der Waals surface area contributed by atoms with Crippen LogP contribution in [0.25, 0.3) is 0 Å². The Hall–Kier alpha value is -2.43. The molecule has 110 valence electrons. The van der Waals surface area contributed by atoms with Gasteiger partial charge in [-0.3, -0.25) is 4.79 Å². The summed E-state index contributed by atoms with van der Waals surface area (Å²) in [7, 11) is 0. The van der Waals surface area contributed by atoms with Crippen LogP contribution in [-0.4, -0.2) is 23.6 Å². The van der Waals surface area contributed by atoms with E-state index < -0.39 is 0 Å². The molecule has 0 aliphatic heterocycles. The number of rotatable bonds is 6. The third-order valence-electron chi connectivity index (χ3n) is 3.49.